The minimum Gasteiger partial charge on any atom is -0.497 e. The molecular weight excluding hydrogens is 588 g/mol. The van der Waals surface area contributed by atoms with Crippen LogP contribution in [-0.2, 0) is 20.1 Å². The number of hydrogen-bond donors (Lipinski definition) is 2. The van der Waals surface area contributed by atoms with Gasteiger partial charge >= 0.3 is 0 Å². The summed E-state index contributed by atoms with van der Waals surface area (Å²) in [4.78, 5) is 20.8. The Balaban J connectivity index is 1.25. The Morgan fingerprint density at radius 1 is 1.11 bits per heavy atom. The summed E-state index contributed by atoms with van der Waals surface area (Å²) in [5.74, 6) is 1.52. The number of halogens is 1. The number of aryl methyl sites for hydroxylation is 1. The van der Waals surface area contributed by atoms with Crippen molar-refractivity contribution in [2.75, 3.05) is 43.6 Å². The van der Waals surface area contributed by atoms with Gasteiger partial charge in [0.05, 0.1) is 19.2 Å². The van der Waals surface area contributed by atoms with Crippen LogP contribution in [0, 0.1) is 6.92 Å². The molecule has 1 aliphatic carbocycles. The van der Waals surface area contributed by atoms with Gasteiger partial charge in [-0.25, -0.2) is 4.68 Å². The predicted octanol–water partition coefficient (Wildman–Crippen LogP) is 6.29. The van der Waals surface area contributed by atoms with Gasteiger partial charge in [0, 0.05) is 61.6 Å². The summed E-state index contributed by atoms with van der Waals surface area (Å²) in [5.41, 5.74) is 4.40. The number of rotatable bonds is 11. The fraction of sp³-hybridized carbons (Fsp3) is 0.543. The summed E-state index contributed by atoms with van der Waals surface area (Å²) in [5, 5.41) is 18.5. The number of amides is 1. The predicted molar refractivity (Wildman–Crippen MR) is 182 cm³/mol. The Morgan fingerprint density at radius 2 is 1.82 bits per heavy atom. The van der Waals surface area contributed by atoms with E-state index in [2.05, 4.69) is 57.3 Å². The lowest BCUT2D eigenvalue weighted by Crippen LogP contribution is -2.43. The van der Waals surface area contributed by atoms with Crippen LogP contribution >= 0.6 is 11.6 Å². The average Bonchev–Trinajstić information content (AvgIpc) is 3.34. The molecule has 0 unspecified atom stereocenters. The highest BCUT2D eigenvalue weighted by atomic mass is 35.5. The molecule has 1 amide bonds. The van der Waals surface area contributed by atoms with Crippen molar-refractivity contribution in [3.05, 3.63) is 63.7 Å². The summed E-state index contributed by atoms with van der Waals surface area (Å²) in [6, 6.07) is 13.0. The van der Waals surface area contributed by atoms with Crippen LogP contribution in [0.1, 0.15) is 78.9 Å². The molecule has 2 aliphatic rings. The topological polar surface area (TPSA) is 86.1 Å². The molecular formula is C35H49ClN6O3. The molecule has 1 saturated carbocycles. The van der Waals surface area contributed by atoms with Crippen molar-refractivity contribution in [3.63, 3.8) is 0 Å². The molecule has 244 valence electrons. The van der Waals surface area contributed by atoms with Gasteiger partial charge < -0.3 is 25.0 Å². The van der Waals surface area contributed by atoms with Crippen LogP contribution < -0.4 is 19.9 Å². The van der Waals surface area contributed by atoms with E-state index in [1.165, 1.54) is 12.0 Å². The summed E-state index contributed by atoms with van der Waals surface area (Å²) in [6.07, 6.45) is 7.81. The van der Waals surface area contributed by atoms with Crippen LogP contribution in [-0.4, -0.2) is 71.6 Å². The van der Waals surface area contributed by atoms with Crippen LogP contribution in [0.4, 0.5) is 11.5 Å². The smallest absolute Gasteiger partial charge is 0.251 e. The Labute approximate surface area is 273 Å². The number of ether oxygens (including phenoxy) is 1. The van der Waals surface area contributed by atoms with Crippen LogP contribution in [0.3, 0.4) is 0 Å². The average molecular weight is 637 g/mol. The summed E-state index contributed by atoms with van der Waals surface area (Å²) < 4.78 is 7.13. The Hall–Kier alpha value is -3.43. The summed E-state index contributed by atoms with van der Waals surface area (Å²) >= 11 is 6.66. The van der Waals surface area contributed by atoms with E-state index in [0.29, 0.717) is 28.2 Å². The van der Waals surface area contributed by atoms with E-state index in [4.69, 9.17) is 16.3 Å². The lowest BCUT2D eigenvalue weighted by molar-refractivity contribution is 0.0950. The number of piperidine rings is 1. The standard InChI is InChI=1S/C35H49ClN6O3/c1-6-42(28-15-13-27(14-16-28)39(3)23-25-11-10-12-29(19-25)45-5)32-21-26(36)20-30(24(32)2)33(43)37-22-31-34(44)38-40(4)35(31)41-17-8-7-9-18-41/h10-12,19-21,27-28H,6-9,13-18,22-23H2,1-5H3,(H,37,43)(H,38,44)/t27-,28-. The van der Waals surface area contributed by atoms with Crippen molar-refractivity contribution in [2.24, 2.45) is 7.05 Å². The first-order valence-corrected chi connectivity index (χ1v) is 16.8. The highest BCUT2D eigenvalue weighted by Gasteiger charge is 2.30. The second kappa shape index (κ2) is 14.8. The van der Waals surface area contributed by atoms with Gasteiger partial charge in [0.25, 0.3) is 5.91 Å². The zero-order valence-electron chi connectivity index (χ0n) is 27.5. The van der Waals surface area contributed by atoms with E-state index in [-0.39, 0.29) is 18.3 Å². The number of aromatic nitrogens is 2. The molecule has 5 rings (SSSR count). The number of nitrogens with zero attached hydrogens (tertiary/aromatic N) is 5. The third kappa shape index (κ3) is 7.52. The molecule has 0 spiro atoms. The van der Waals surface area contributed by atoms with Crippen LogP contribution in [0.15, 0.2) is 36.4 Å². The number of carbonyl (C=O) groups is 1. The van der Waals surface area contributed by atoms with E-state index in [9.17, 15) is 9.90 Å². The Morgan fingerprint density at radius 3 is 2.51 bits per heavy atom. The largest absolute Gasteiger partial charge is 0.497 e. The molecule has 0 atom stereocenters. The first-order chi connectivity index (χ1) is 21.7. The number of benzene rings is 2. The van der Waals surface area contributed by atoms with Gasteiger partial charge in [-0.15, -0.1) is 5.10 Å². The molecule has 2 aromatic carbocycles. The first kappa shape index (κ1) is 32.9. The minimum absolute atomic E-state index is 0.0382. The molecule has 1 aromatic heterocycles. The lowest BCUT2D eigenvalue weighted by Gasteiger charge is -2.41. The van der Waals surface area contributed by atoms with E-state index < -0.39 is 0 Å². The number of carbonyl (C=O) groups excluding carboxylic acids is 1. The number of aromatic hydroxyl groups is 1. The van der Waals surface area contributed by atoms with Gasteiger partial charge in [-0.2, -0.15) is 0 Å². The van der Waals surface area contributed by atoms with Crippen molar-refractivity contribution in [1.82, 2.24) is 20.0 Å². The summed E-state index contributed by atoms with van der Waals surface area (Å²) in [6.45, 7) is 7.95. The minimum atomic E-state index is -0.206. The normalized spacial score (nSPS) is 18.7. The molecule has 2 N–H and O–H groups in total. The molecule has 0 bridgehead atoms. The lowest BCUT2D eigenvalue weighted by atomic mass is 9.88. The fourth-order valence-corrected chi connectivity index (χ4v) is 7.50. The molecule has 0 radical (unpaired) electrons. The second-order valence-corrected chi connectivity index (χ2v) is 13.0. The molecule has 2 fully saturated rings. The first-order valence-electron chi connectivity index (χ1n) is 16.4. The van der Waals surface area contributed by atoms with E-state index >= 15 is 0 Å². The van der Waals surface area contributed by atoms with Crippen molar-refractivity contribution in [2.45, 2.75) is 84.0 Å². The highest BCUT2D eigenvalue weighted by Crippen LogP contribution is 2.35. The van der Waals surface area contributed by atoms with Gasteiger partial charge in [-0.1, -0.05) is 23.7 Å². The van der Waals surface area contributed by atoms with Crippen molar-refractivity contribution in [1.29, 1.82) is 0 Å². The van der Waals surface area contributed by atoms with E-state index in [1.807, 2.05) is 26.1 Å². The maximum Gasteiger partial charge on any atom is 0.251 e. The van der Waals surface area contributed by atoms with Crippen molar-refractivity contribution >= 4 is 29.0 Å². The molecule has 9 nitrogen and oxygen atoms in total. The quantitative estimate of drug-likeness (QED) is 0.256. The van der Waals surface area contributed by atoms with Gasteiger partial charge in [-0.05, 0) is 101 Å². The molecule has 2 heterocycles. The van der Waals surface area contributed by atoms with Gasteiger partial charge in [0.1, 0.15) is 11.6 Å². The van der Waals surface area contributed by atoms with Crippen molar-refractivity contribution < 1.29 is 14.6 Å². The molecule has 1 aliphatic heterocycles. The summed E-state index contributed by atoms with van der Waals surface area (Å²) in [7, 11) is 5.77. The van der Waals surface area contributed by atoms with E-state index in [1.54, 1.807) is 17.9 Å². The molecule has 3 aromatic rings. The maximum atomic E-state index is 13.6. The third-order valence-electron chi connectivity index (χ3n) is 9.71. The Kier molecular flexibility index (Phi) is 10.8. The van der Waals surface area contributed by atoms with Gasteiger partial charge in [-0.3, -0.25) is 9.69 Å². The van der Waals surface area contributed by atoms with Crippen molar-refractivity contribution in [3.8, 4) is 11.6 Å². The second-order valence-electron chi connectivity index (χ2n) is 12.6. The van der Waals surface area contributed by atoms with E-state index in [0.717, 1.165) is 87.5 Å². The maximum absolute atomic E-state index is 13.6. The number of hydrogen-bond acceptors (Lipinski definition) is 7. The SMILES string of the molecule is CCN(c1cc(Cl)cc(C(=O)NCc2c(O)nn(C)c2N2CCCCC2)c1C)[C@H]1CC[C@H](N(C)Cc2cccc(OC)c2)CC1. The molecule has 1 saturated heterocycles. The zero-order chi connectivity index (χ0) is 32.1. The Bertz CT molecular complexity index is 1460. The zero-order valence-corrected chi connectivity index (χ0v) is 28.2. The number of nitrogens with one attached hydrogen (secondary N) is 1. The van der Waals surface area contributed by atoms with Crippen LogP contribution in [0.25, 0.3) is 0 Å². The number of anilines is 2. The van der Waals surface area contributed by atoms with Gasteiger partial charge in [0.2, 0.25) is 5.88 Å². The third-order valence-corrected chi connectivity index (χ3v) is 9.93. The van der Waals surface area contributed by atoms with Crippen LogP contribution in [0.5, 0.6) is 11.6 Å². The number of methoxy groups -OCH3 is 1. The van der Waals surface area contributed by atoms with Crippen LogP contribution in [0.2, 0.25) is 5.02 Å². The monoisotopic (exact) mass is 636 g/mol. The molecule has 10 heteroatoms. The molecule has 45 heavy (non-hydrogen) atoms. The van der Waals surface area contributed by atoms with Gasteiger partial charge in [0.15, 0.2) is 0 Å². The highest BCUT2D eigenvalue weighted by molar-refractivity contribution is 6.31. The fourth-order valence-electron chi connectivity index (χ4n) is 7.29.